The van der Waals surface area contributed by atoms with E-state index in [0.717, 1.165) is 18.5 Å². The molecule has 1 aliphatic carbocycles. The number of aryl methyl sites for hydroxylation is 1. The van der Waals surface area contributed by atoms with Gasteiger partial charge in [0, 0.05) is 24.2 Å². The average Bonchev–Trinajstić information content (AvgIpc) is 3.12. The Morgan fingerprint density at radius 3 is 2.60 bits per heavy atom. The lowest BCUT2D eigenvalue weighted by Crippen LogP contribution is -2.57. The Morgan fingerprint density at radius 2 is 1.97 bits per heavy atom. The summed E-state index contributed by atoms with van der Waals surface area (Å²) in [5.41, 5.74) is 0.863. The molecule has 1 aliphatic heterocycles. The number of anilines is 1. The number of alkyl halides is 1. The Hall–Kier alpha value is -2.71. The highest BCUT2D eigenvalue weighted by Gasteiger charge is 2.33. The number of rotatable bonds is 6. The van der Waals surface area contributed by atoms with Gasteiger partial charge in [0.05, 0.1) is 18.8 Å². The van der Waals surface area contributed by atoms with E-state index >= 15 is 0 Å². The van der Waals surface area contributed by atoms with Crippen molar-refractivity contribution in [2.24, 2.45) is 5.92 Å². The zero-order valence-corrected chi connectivity index (χ0v) is 17.7. The molecule has 2 aliphatic rings. The van der Waals surface area contributed by atoms with E-state index in [1.165, 1.54) is 0 Å². The molecular weight excluding hydrogens is 387 g/mol. The van der Waals surface area contributed by atoms with Gasteiger partial charge in [-0.25, -0.2) is 9.07 Å². The lowest BCUT2D eigenvalue weighted by Gasteiger charge is -2.39. The fourth-order valence-corrected chi connectivity index (χ4v) is 3.81. The molecule has 2 aromatic rings. The van der Waals surface area contributed by atoms with Crippen LogP contribution in [0.5, 0.6) is 5.88 Å². The largest absolute Gasteiger partial charge is 0.470 e. The maximum atomic E-state index is 13.5. The number of aromatic nitrogens is 4. The van der Waals surface area contributed by atoms with Crippen LogP contribution < -0.4 is 10.1 Å². The van der Waals surface area contributed by atoms with Crippen molar-refractivity contribution in [3.8, 4) is 11.8 Å². The van der Waals surface area contributed by atoms with E-state index in [0.29, 0.717) is 43.6 Å². The van der Waals surface area contributed by atoms with Crippen LogP contribution in [0.1, 0.15) is 45.2 Å². The molecule has 3 heterocycles. The van der Waals surface area contributed by atoms with Gasteiger partial charge < -0.3 is 15.0 Å². The molecule has 0 radical (unpaired) electrons. The Bertz CT molecular complexity index is 887. The number of carbonyl (C=O) groups excluding carboxylic acids is 1. The number of nitrogens with one attached hydrogen (secondary N) is 1. The molecule has 4 rings (SSSR count). The number of halogens is 1. The van der Waals surface area contributed by atoms with E-state index in [1.54, 1.807) is 21.8 Å². The topological polar surface area (TPSA) is 85.2 Å². The molecule has 1 amide bonds. The molecule has 1 N–H and O–H groups in total. The van der Waals surface area contributed by atoms with Crippen LogP contribution in [0.4, 0.5) is 10.2 Å². The number of hydrogen-bond acceptors (Lipinski definition) is 6. The number of nitrogens with zero attached hydrogens (tertiary/aromatic N) is 5. The first kappa shape index (κ1) is 20.6. The molecule has 9 heteroatoms. The van der Waals surface area contributed by atoms with Crippen LogP contribution in [-0.2, 0) is 4.79 Å². The van der Waals surface area contributed by atoms with Crippen molar-refractivity contribution in [3.05, 3.63) is 24.0 Å². The van der Waals surface area contributed by atoms with Crippen LogP contribution >= 0.6 is 0 Å². The molecule has 1 saturated carbocycles. The van der Waals surface area contributed by atoms with Crippen molar-refractivity contribution >= 4 is 11.7 Å². The Kier molecular flexibility index (Phi) is 5.87. The lowest BCUT2D eigenvalue weighted by atomic mass is 9.94. The van der Waals surface area contributed by atoms with E-state index in [2.05, 4.69) is 20.4 Å². The maximum Gasteiger partial charge on any atom is 0.255 e. The van der Waals surface area contributed by atoms with Crippen LogP contribution in [0.2, 0.25) is 0 Å². The highest BCUT2D eigenvalue weighted by molar-refractivity contribution is 5.79. The summed E-state index contributed by atoms with van der Waals surface area (Å²) in [6.07, 6.45) is 3.69. The van der Waals surface area contributed by atoms with Gasteiger partial charge in [-0.2, -0.15) is 15.1 Å². The molecule has 0 atom stereocenters. The molecule has 0 spiro atoms. The van der Waals surface area contributed by atoms with Gasteiger partial charge in [0.2, 0.25) is 11.8 Å². The van der Waals surface area contributed by atoms with Crippen molar-refractivity contribution in [2.75, 3.05) is 18.4 Å². The van der Waals surface area contributed by atoms with Crippen molar-refractivity contribution in [3.63, 3.8) is 0 Å². The van der Waals surface area contributed by atoms with Gasteiger partial charge in [-0.3, -0.25) is 4.79 Å². The predicted octanol–water partition coefficient (Wildman–Crippen LogP) is 2.91. The zero-order valence-electron chi connectivity index (χ0n) is 17.7. The standard InChI is InChI=1S/C21H29FN6O2/c1-13(2)20(29)27-11-17(12-27)30-19-10-18(23-16-6-4-15(22)5-7-16)24-21(25-19)28-9-8-14(3)26-28/h8-10,13,15-17H,4-7,11-12H2,1-3H3,(H,23,24,25). The summed E-state index contributed by atoms with van der Waals surface area (Å²) < 4.78 is 21.1. The fourth-order valence-electron chi connectivity index (χ4n) is 3.81. The number of ether oxygens (including phenoxy) is 1. The lowest BCUT2D eigenvalue weighted by molar-refractivity contribution is -0.143. The minimum atomic E-state index is -0.704. The van der Waals surface area contributed by atoms with Gasteiger partial charge in [-0.05, 0) is 38.7 Å². The first-order valence-electron chi connectivity index (χ1n) is 10.6. The Morgan fingerprint density at radius 1 is 1.23 bits per heavy atom. The molecule has 0 bridgehead atoms. The SMILES string of the molecule is Cc1ccn(-c2nc(NC3CCC(F)CC3)cc(OC3CN(C(=O)C(C)C)C3)n2)n1. The second-order valence-electron chi connectivity index (χ2n) is 8.52. The molecule has 0 aromatic carbocycles. The molecule has 1 saturated heterocycles. The summed E-state index contributed by atoms with van der Waals surface area (Å²) in [5, 5.41) is 7.80. The van der Waals surface area contributed by atoms with E-state index in [9.17, 15) is 9.18 Å². The third kappa shape index (κ3) is 4.71. The normalized spacial score (nSPS) is 22.1. The highest BCUT2D eigenvalue weighted by atomic mass is 19.1. The van der Waals surface area contributed by atoms with Crippen LogP contribution in [0.25, 0.3) is 5.95 Å². The first-order valence-corrected chi connectivity index (χ1v) is 10.6. The maximum absolute atomic E-state index is 13.5. The zero-order chi connectivity index (χ0) is 21.3. The van der Waals surface area contributed by atoms with Gasteiger partial charge in [-0.15, -0.1) is 0 Å². The van der Waals surface area contributed by atoms with Gasteiger partial charge in [0.25, 0.3) is 5.95 Å². The van der Waals surface area contributed by atoms with Crippen LogP contribution in [0.15, 0.2) is 18.3 Å². The molecule has 2 fully saturated rings. The minimum absolute atomic E-state index is 0.0186. The third-order valence-corrected chi connectivity index (χ3v) is 5.57. The molecule has 2 aromatic heterocycles. The van der Waals surface area contributed by atoms with E-state index in [4.69, 9.17) is 4.74 Å². The summed E-state index contributed by atoms with van der Waals surface area (Å²) in [6, 6.07) is 3.83. The summed E-state index contributed by atoms with van der Waals surface area (Å²) in [6.45, 7) is 6.81. The molecule has 30 heavy (non-hydrogen) atoms. The third-order valence-electron chi connectivity index (χ3n) is 5.57. The Labute approximate surface area is 175 Å². The monoisotopic (exact) mass is 416 g/mol. The fraction of sp³-hybridized carbons (Fsp3) is 0.619. The van der Waals surface area contributed by atoms with Crippen molar-refractivity contribution < 1.29 is 13.9 Å². The summed E-state index contributed by atoms with van der Waals surface area (Å²) >= 11 is 0. The summed E-state index contributed by atoms with van der Waals surface area (Å²) in [4.78, 5) is 23.0. The highest BCUT2D eigenvalue weighted by Crippen LogP contribution is 2.26. The number of likely N-dealkylation sites (tertiary alicyclic amines) is 1. The van der Waals surface area contributed by atoms with E-state index in [1.807, 2.05) is 26.8 Å². The molecule has 8 nitrogen and oxygen atoms in total. The van der Waals surface area contributed by atoms with E-state index in [-0.39, 0.29) is 24.0 Å². The number of carbonyl (C=O) groups is 1. The van der Waals surface area contributed by atoms with Crippen LogP contribution in [0.3, 0.4) is 0 Å². The smallest absolute Gasteiger partial charge is 0.255 e. The van der Waals surface area contributed by atoms with Crippen LogP contribution in [-0.4, -0.2) is 62.0 Å². The molecule has 162 valence electrons. The quantitative estimate of drug-likeness (QED) is 0.779. The van der Waals surface area contributed by atoms with Gasteiger partial charge >= 0.3 is 0 Å². The number of amides is 1. The first-order chi connectivity index (χ1) is 14.4. The Balaban J connectivity index is 1.49. The van der Waals surface area contributed by atoms with Crippen LogP contribution in [0, 0.1) is 12.8 Å². The van der Waals surface area contributed by atoms with Crippen molar-refractivity contribution in [1.29, 1.82) is 0 Å². The van der Waals surface area contributed by atoms with Gasteiger partial charge in [0.15, 0.2) is 0 Å². The van der Waals surface area contributed by atoms with Gasteiger partial charge in [-0.1, -0.05) is 13.8 Å². The summed E-state index contributed by atoms with van der Waals surface area (Å²) in [5.74, 6) is 1.61. The second kappa shape index (κ2) is 8.57. The van der Waals surface area contributed by atoms with Crippen molar-refractivity contribution in [2.45, 2.75) is 64.8 Å². The molecule has 0 unspecified atom stereocenters. The average molecular weight is 417 g/mol. The second-order valence-corrected chi connectivity index (χ2v) is 8.52. The minimum Gasteiger partial charge on any atom is -0.470 e. The molecular formula is C21H29FN6O2. The predicted molar refractivity (Wildman–Crippen MR) is 110 cm³/mol. The number of hydrogen-bond donors (Lipinski definition) is 1. The van der Waals surface area contributed by atoms with Crippen molar-refractivity contribution in [1.82, 2.24) is 24.6 Å². The van der Waals surface area contributed by atoms with E-state index < -0.39 is 6.17 Å². The summed E-state index contributed by atoms with van der Waals surface area (Å²) in [7, 11) is 0. The van der Waals surface area contributed by atoms with Gasteiger partial charge in [0.1, 0.15) is 18.1 Å².